The van der Waals surface area contributed by atoms with Gasteiger partial charge in [0, 0.05) is 10.6 Å². The molecule has 0 aliphatic heterocycles. The molecule has 0 bridgehead atoms. The van der Waals surface area contributed by atoms with E-state index in [9.17, 15) is 0 Å². The monoisotopic (exact) mass is 337 g/mol. The van der Waals surface area contributed by atoms with Gasteiger partial charge in [-0.2, -0.15) is 0 Å². The van der Waals surface area contributed by atoms with E-state index in [-0.39, 0.29) is 6.04 Å². The predicted molar refractivity (Wildman–Crippen MR) is 100 cm³/mol. The highest BCUT2D eigenvalue weighted by atomic mass is 35.5. The summed E-state index contributed by atoms with van der Waals surface area (Å²) >= 11 is 6.13. The van der Waals surface area contributed by atoms with Crippen LogP contribution in [-0.4, -0.2) is 9.97 Å². The summed E-state index contributed by atoms with van der Waals surface area (Å²) in [6.45, 7) is 4.20. The summed E-state index contributed by atoms with van der Waals surface area (Å²) in [5, 5.41) is 4.18. The lowest BCUT2D eigenvalue weighted by Crippen LogP contribution is -2.11. The van der Waals surface area contributed by atoms with Crippen LogP contribution in [0.1, 0.15) is 30.5 Å². The highest BCUT2D eigenvalue weighted by molar-refractivity contribution is 6.30. The zero-order valence-corrected chi connectivity index (χ0v) is 14.6. The fourth-order valence-electron chi connectivity index (χ4n) is 2.72. The first-order valence-corrected chi connectivity index (χ1v) is 8.45. The maximum Gasteiger partial charge on any atom is 0.145 e. The van der Waals surface area contributed by atoms with Crippen molar-refractivity contribution < 1.29 is 0 Å². The van der Waals surface area contributed by atoms with Crippen LogP contribution in [-0.2, 0) is 0 Å². The number of hydrogen-bond acceptors (Lipinski definition) is 3. The standard InChI is InChI=1S/C20H20ClN3/c1-3-18(15-7-5-4-6-8-15)23-20-13-22-12-19(24-20)17-11-16(21)10-9-14(17)2/h4-13,18H,3H2,1-2H3,(H,23,24). The Morgan fingerprint density at radius 2 is 1.88 bits per heavy atom. The largest absolute Gasteiger partial charge is 0.362 e. The van der Waals surface area contributed by atoms with Crippen LogP contribution < -0.4 is 5.32 Å². The lowest BCUT2D eigenvalue weighted by Gasteiger charge is -2.18. The topological polar surface area (TPSA) is 37.8 Å². The van der Waals surface area contributed by atoms with Crippen molar-refractivity contribution in [3.63, 3.8) is 0 Å². The van der Waals surface area contributed by atoms with Crippen molar-refractivity contribution in [2.75, 3.05) is 5.32 Å². The van der Waals surface area contributed by atoms with Crippen molar-refractivity contribution in [2.45, 2.75) is 26.3 Å². The van der Waals surface area contributed by atoms with Crippen LogP contribution in [0.5, 0.6) is 0 Å². The fraction of sp³-hybridized carbons (Fsp3) is 0.200. The van der Waals surface area contributed by atoms with Gasteiger partial charge in [-0.15, -0.1) is 0 Å². The first-order valence-electron chi connectivity index (χ1n) is 8.07. The van der Waals surface area contributed by atoms with Gasteiger partial charge in [-0.3, -0.25) is 4.98 Å². The highest BCUT2D eigenvalue weighted by Crippen LogP contribution is 2.27. The first-order chi connectivity index (χ1) is 11.7. The summed E-state index contributed by atoms with van der Waals surface area (Å²) in [5.41, 5.74) is 4.20. The average molecular weight is 338 g/mol. The van der Waals surface area contributed by atoms with Crippen molar-refractivity contribution in [2.24, 2.45) is 0 Å². The molecular weight excluding hydrogens is 318 g/mol. The van der Waals surface area contributed by atoms with Gasteiger partial charge in [0.05, 0.1) is 24.1 Å². The molecule has 0 aliphatic carbocycles. The SMILES string of the molecule is CCC(Nc1cncc(-c2cc(Cl)ccc2C)n1)c1ccccc1. The summed E-state index contributed by atoms with van der Waals surface area (Å²) in [6.07, 6.45) is 4.49. The molecule has 0 radical (unpaired) electrons. The van der Waals surface area contributed by atoms with E-state index < -0.39 is 0 Å². The van der Waals surface area contributed by atoms with Gasteiger partial charge < -0.3 is 5.32 Å². The Morgan fingerprint density at radius 3 is 2.62 bits per heavy atom. The molecule has 24 heavy (non-hydrogen) atoms. The second-order valence-electron chi connectivity index (χ2n) is 5.76. The number of rotatable bonds is 5. The zero-order valence-electron chi connectivity index (χ0n) is 13.8. The molecular formula is C20H20ClN3. The number of hydrogen-bond donors (Lipinski definition) is 1. The normalized spacial score (nSPS) is 12.0. The van der Waals surface area contributed by atoms with Gasteiger partial charge >= 0.3 is 0 Å². The Kier molecular flexibility index (Phi) is 5.11. The smallest absolute Gasteiger partial charge is 0.145 e. The second kappa shape index (κ2) is 7.45. The third kappa shape index (κ3) is 3.74. The van der Waals surface area contributed by atoms with Crippen LogP contribution >= 0.6 is 11.6 Å². The third-order valence-corrected chi connectivity index (χ3v) is 4.28. The van der Waals surface area contributed by atoms with Gasteiger partial charge in [0.1, 0.15) is 5.82 Å². The average Bonchev–Trinajstić information content (AvgIpc) is 2.62. The minimum absolute atomic E-state index is 0.205. The van der Waals surface area contributed by atoms with Crippen molar-refractivity contribution in [3.05, 3.63) is 77.1 Å². The molecule has 1 aromatic heterocycles. The number of halogens is 1. The van der Waals surface area contributed by atoms with E-state index in [0.29, 0.717) is 5.02 Å². The van der Waals surface area contributed by atoms with E-state index in [1.54, 1.807) is 12.4 Å². The van der Waals surface area contributed by atoms with Crippen LogP contribution in [0.3, 0.4) is 0 Å². The molecule has 0 fully saturated rings. The summed E-state index contributed by atoms with van der Waals surface area (Å²) in [5.74, 6) is 0.766. The Hall–Kier alpha value is -2.39. The van der Waals surface area contributed by atoms with Gasteiger partial charge in [0.25, 0.3) is 0 Å². The first kappa shape index (κ1) is 16.5. The quantitative estimate of drug-likeness (QED) is 0.652. The van der Waals surface area contributed by atoms with E-state index in [1.807, 2.05) is 31.2 Å². The van der Waals surface area contributed by atoms with E-state index in [4.69, 9.17) is 16.6 Å². The molecule has 3 nitrogen and oxygen atoms in total. The molecule has 3 rings (SSSR count). The van der Waals surface area contributed by atoms with E-state index >= 15 is 0 Å². The summed E-state index contributed by atoms with van der Waals surface area (Å²) in [4.78, 5) is 9.07. The van der Waals surface area contributed by atoms with Gasteiger partial charge in [-0.05, 0) is 36.6 Å². The maximum atomic E-state index is 6.13. The van der Waals surface area contributed by atoms with Crippen LogP contribution in [0.25, 0.3) is 11.3 Å². The summed E-state index contributed by atoms with van der Waals surface area (Å²) < 4.78 is 0. The third-order valence-electron chi connectivity index (χ3n) is 4.04. The van der Waals surface area contributed by atoms with E-state index in [1.165, 1.54) is 5.56 Å². The fourth-order valence-corrected chi connectivity index (χ4v) is 2.89. The molecule has 4 heteroatoms. The Morgan fingerprint density at radius 1 is 1.08 bits per heavy atom. The van der Waals surface area contributed by atoms with Gasteiger partial charge in [-0.1, -0.05) is 54.9 Å². The van der Waals surface area contributed by atoms with Crippen LogP contribution in [0.15, 0.2) is 60.9 Å². The predicted octanol–water partition coefficient (Wildman–Crippen LogP) is 5.67. The van der Waals surface area contributed by atoms with E-state index in [0.717, 1.165) is 29.1 Å². The number of nitrogens with zero attached hydrogens (tertiary/aromatic N) is 2. The number of anilines is 1. The molecule has 1 N–H and O–H groups in total. The zero-order chi connectivity index (χ0) is 16.9. The van der Waals surface area contributed by atoms with E-state index in [2.05, 4.69) is 41.5 Å². The number of aryl methyl sites for hydroxylation is 1. The lowest BCUT2D eigenvalue weighted by molar-refractivity contribution is 0.744. The van der Waals surface area contributed by atoms with Gasteiger partial charge in [0.15, 0.2) is 0 Å². The van der Waals surface area contributed by atoms with Crippen molar-refractivity contribution >= 4 is 17.4 Å². The molecule has 1 unspecified atom stereocenters. The molecule has 0 saturated carbocycles. The molecule has 1 heterocycles. The molecule has 0 spiro atoms. The summed E-state index contributed by atoms with van der Waals surface area (Å²) in [6, 6.07) is 16.4. The van der Waals surface area contributed by atoms with Crippen LogP contribution in [0, 0.1) is 6.92 Å². The number of aromatic nitrogens is 2. The van der Waals surface area contributed by atoms with Crippen LogP contribution in [0.4, 0.5) is 5.82 Å². The molecule has 1 atom stereocenters. The van der Waals surface area contributed by atoms with Crippen molar-refractivity contribution in [3.8, 4) is 11.3 Å². The maximum absolute atomic E-state index is 6.13. The minimum Gasteiger partial charge on any atom is -0.362 e. The Balaban J connectivity index is 1.89. The van der Waals surface area contributed by atoms with Crippen LogP contribution in [0.2, 0.25) is 5.02 Å². The number of benzene rings is 2. The van der Waals surface area contributed by atoms with Crippen molar-refractivity contribution in [1.82, 2.24) is 9.97 Å². The number of nitrogens with one attached hydrogen (secondary N) is 1. The van der Waals surface area contributed by atoms with Gasteiger partial charge in [-0.25, -0.2) is 4.98 Å². The Labute approximate surface area is 147 Å². The molecule has 0 aliphatic rings. The highest BCUT2D eigenvalue weighted by Gasteiger charge is 2.11. The van der Waals surface area contributed by atoms with Crippen molar-refractivity contribution in [1.29, 1.82) is 0 Å². The lowest BCUT2D eigenvalue weighted by atomic mass is 10.0. The minimum atomic E-state index is 0.205. The second-order valence-corrected chi connectivity index (χ2v) is 6.20. The molecule has 0 saturated heterocycles. The summed E-state index contributed by atoms with van der Waals surface area (Å²) in [7, 11) is 0. The molecule has 0 amide bonds. The van der Waals surface area contributed by atoms with Gasteiger partial charge in [0.2, 0.25) is 0 Å². The Bertz CT molecular complexity index is 818. The molecule has 2 aromatic carbocycles. The molecule has 122 valence electrons. The molecule has 3 aromatic rings.